The van der Waals surface area contributed by atoms with Gasteiger partial charge in [0.2, 0.25) is 0 Å². The van der Waals surface area contributed by atoms with Crippen LogP contribution in [0.2, 0.25) is 0 Å². The number of hydrogen-bond acceptors (Lipinski definition) is 3. The fraction of sp³-hybridized carbons (Fsp3) is 0. The van der Waals surface area contributed by atoms with Crippen LogP contribution in [0.15, 0.2) is 150 Å². The van der Waals surface area contributed by atoms with E-state index in [2.05, 4.69) is 108 Å². The number of nitrogens with zero attached hydrogens (tertiary/aromatic N) is 2. The molecule has 0 aliphatic heterocycles. The van der Waals surface area contributed by atoms with Gasteiger partial charge in [-0.05, 0) is 46.2 Å². The van der Waals surface area contributed by atoms with E-state index in [0.717, 1.165) is 61.3 Å². The molecule has 0 aliphatic rings. The van der Waals surface area contributed by atoms with Gasteiger partial charge in [0.05, 0.1) is 16.7 Å². The molecule has 0 unspecified atom stereocenters. The number of hydrogen-bond donors (Lipinski definition) is 0. The molecule has 0 atom stereocenters. The van der Waals surface area contributed by atoms with E-state index in [4.69, 9.17) is 9.40 Å². The van der Waals surface area contributed by atoms with E-state index in [1.807, 2.05) is 42.6 Å². The Hall–Kier alpha value is -5.54. The van der Waals surface area contributed by atoms with Gasteiger partial charge in [0.15, 0.2) is 0 Å². The molecule has 5 aromatic carbocycles. The van der Waals surface area contributed by atoms with Crippen LogP contribution in [0.4, 0.5) is 0 Å². The summed E-state index contributed by atoms with van der Waals surface area (Å²) >= 11 is 0. The minimum absolute atomic E-state index is 0.861. The molecule has 0 bridgehead atoms. The van der Waals surface area contributed by atoms with E-state index >= 15 is 0 Å². The summed E-state index contributed by atoms with van der Waals surface area (Å²) < 4.78 is 6.18. The van der Waals surface area contributed by atoms with Crippen molar-refractivity contribution in [2.75, 3.05) is 0 Å². The summed E-state index contributed by atoms with van der Waals surface area (Å²) in [6, 6.07) is 48.4. The second-order valence-electron chi connectivity index (χ2n) is 10.2. The average molecular weight is 525 g/mol. The van der Waals surface area contributed by atoms with Crippen LogP contribution in [0.25, 0.3) is 77.6 Å². The molecule has 41 heavy (non-hydrogen) atoms. The summed E-state index contributed by atoms with van der Waals surface area (Å²) in [4.78, 5) is 9.76. The van der Waals surface area contributed by atoms with Gasteiger partial charge in [0.25, 0.3) is 0 Å². The van der Waals surface area contributed by atoms with Gasteiger partial charge in [0.1, 0.15) is 11.5 Å². The fourth-order valence-corrected chi connectivity index (χ4v) is 5.71. The molecule has 3 heterocycles. The van der Waals surface area contributed by atoms with Crippen LogP contribution >= 0.6 is 0 Å². The zero-order chi connectivity index (χ0) is 27.2. The van der Waals surface area contributed by atoms with Crippen molar-refractivity contribution in [2.45, 2.75) is 0 Å². The first-order valence-electron chi connectivity index (χ1n) is 13.7. The van der Waals surface area contributed by atoms with Crippen molar-refractivity contribution in [1.82, 2.24) is 9.97 Å². The first-order valence-corrected chi connectivity index (χ1v) is 13.7. The van der Waals surface area contributed by atoms with E-state index in [9.17, 15) is 0 Å². The van der Waals surface area contributed by atoms with Gasteiger partial charge < -0.3 is 4.42 Å². The Morgan fingerprint density at radius 3 is 1.80 bits per heavy atom. The van der Waals surface area contributed by atoms with Gasteiger partial charge in [-0.25, -0.2) is 4.98 Å². The molecule has 3 heteroatoms. The van der Waals surface area contributed by atoms with Gasteiger partial charge in [-0.3, -0.25) is 4.98 Å². The Balaban J connectivity index is 1.19. The molecule has 0 saturated carbocycles. The maximum Gasteiger partial charge on any atom is 0.134 e. The van der Waals surface area contributed by atoms with E-state index in [-0.39, 0.29) is 0 Å². The molecule has 0 radical (unpaired) electrons. The number of furan rings is 1. The quantitative estimate of drug-likeness (QED) is 0.215. The first-order chi connectivity index (χ1) is 20.3. The topological polar surface area (TPSA) is 38.9 Å². The number of benzene rings is 5. The Labute approximate surface area is 237 Å². The fourth-order valence-electron chi connectivity index (χ4n) is 5.71. The van der Waals surface area contributed by atoms with Crippen LogP contribution in [0.5, 0.6) is 0 Å². The maximum absolute atomic E-state index is 6.18. The van der Waals surface area contributed by atoms with Crippen LogP contribution in [0.3, 0.4) is 0 Å². The molecule has 0 aliphatic carbocycles. The monoisotopic (exact) mass is 524 g/mol. The normalized spacial score (nSPS) is 11.4. The molecule has 3 aromatic heterocycles. The van der Waals surface area contributed by atoms with Crippen molar-refractivity contribution in [2.24, 2.45) is 0 Å². The minimum atomic E-state index is 0.861. The molecule has 0 saturated heterocycles. The molecule has 8 aromatic rings. The third kappa shape index (κ3) is 4.07. The second-order valence-corrected chi connectivity index (χ2v) is 10.2. The van der Waals surface area contributed by atoms with Crippen molar-refractivity contribution in [3.63, 3.8) is 0 Å². The van der Waals surface area contributed by atoms with E-state index in [1.54, 1.807) is 0 Å². The van der Waals surface area contributed by atoms with Crippen molar-refractivity contribution in [3.8, 4) is 45.0 Å². The van der Waals surface area contributed by atoms with Crippen LogP contribution in [0.1, 0.15) is 0 Å². The predicted octanol–water partition coefficient (Wildman–Crippen LogP) is 10.2. The van der Waals surface area contributed by atoms with Crippen molar-refractivity contribution in [3.05, 3.63) is 146 Å². The molecule has 192 valence electrons. The maximum atomic E-state index is 6.18. The highest BCUT2D eigenvalue weighted by molar-refractivity contribution is 6.07. The lowest BCUT2D eigenvalue weighted by molar-refractivity contribution is 0.597. The Kier molecular flexibility index (Phi) is 5.46. The molecular weight excluding hydrogens is 500 g/mol. The molecule has 3 nitrogen and oxygen atoms in total. The SMILES string of the molecule is c1ccc(-c2ccc(-c3ccc(-c4ccc(-c5ccc6ccc7cccnc7c6n5)c5ccccc45)cc3)o2)cc1. The Morgan fingerprint density at radius 1 is 0.415 bits per heavy atom. The number of fused-ring (bicyclic) bond motifs is 4. The van der Waals surface area contributed by atoms with E-state index in [1.165, 1.54) is 16.3 Å². The molecule has 0 fully saturated rings. The van der Waals surface area contributed by atoms with Gasteiger partial charge in [-0.2, -0.15) is 0 Å². The second kappa shape index (κ2) is 9.58. The van der Waals surface area contributed by atoms with E-state index in [0.29, 0.717) is 0 Å². The van der Waals surface area contributed by atoms with Gasteiger partial charge >= 0.3 is 0 Å². The largest absolute Gasteiger partial charge is 0.456 e. The first kappa shape index (κ1) is 23.4. The zero-order valence-electron chi connectivity index (χ0n) is 22.2. The molecular formula is C38H24N2O. The summed E-state index contributed by atoms with van der Waals surface area (Å²) in [5, 5.41) is 4.56. The molecule has 0 spiro atoms. The molecule has 8 rings (SSSR count). The molecule has 0 N–H and O–H groups in total. The van der Waals surface area contributed by atoms with Gasteiger partial charge in [-0.1, -0.05) is 115 Å². The number of pyridine rings is 2. The third-order valence-electron chi connectivity index (χ3n) is 7.78. The Morgan fingerprint density at radius 2 is 1.02 bits per heavy atom. The highest BCUT2D eigenvalue weighted by Gasteiger charge is 2.13. The smallest absolute Gasteiger partial charge is 0.134 e. The number of aromatic nitrogens is 2. The van der Waals surface area contributed by atoms with Crippen LogP contribution < -0.4 is 0 Å². The van der Waals surface area contributed by atoms with Gasteiger partial charge in [-0.15, -0.1) is 0 Å². The standard InChI is InChI=1S/C38H24N2O/c1-2-7-26(8-3-1)35-22-23-36(41-35)27-14-12-25(13-15-27)30-19-20-33(32-11-5-4-10-31(30)32)34-21-18-29-17-16-28-9-6-24-39-37(28)38(29)40-34/h1-24H. The lowest BCUT2D eigenvalue weighted by Crippen LogP contribution is -1.91. The third-order valence-corrected chi connectivity index (χ3v) is 7.78. The zero-order valence-corrected chi connectivity index (χ0v) is 22.2. The average Bonchev–Trinajstić information content (AvgIpc) is 3.55. The highest BCUT2D eigenvalue weighted by Crippen LogP contribution is 2.37. The van der Waals surface area contributed by atoms with Crippen LogP contribution in [-0.4, -0.2) is 9.97 Å². The minimum Gasteiger partial charge on any atom is -0.456 e. The van der Waals surface area contributed by atoms with Crippen molar-refractivity contribution in [1.29, 1.82) is 0 Å². The van der Waals surface area contributed by atoms with Crippen LogP contribution in [-0.2, 0) is 0 Å². The predicted molar refractivity (Wildman–Crippen MR) is 169 cm³/mol. The summed E-state index contributed by atoms with van der Waals surface area (Å²) in [6.07, 6.45) is 1.83. The van der Waals surface area contributed by atoms with Crippen LogP contribution in [0, 0.1) is 0 Å². The molecule has 0 amide bonds. The lowest BCUT2D eigenvalue weighted by atomic mass is 9.93. The highest BCUT2D eigenvalue weighted by atomic mass is 16.3. The Bertz CT molecular complexity index is 2200. The van der Waals surface area contributed by atoms with E-state index < -0.39 is 0 Å². The summed E-state index contributed by atoms with van der Waals surface area (Å²) in [5.41, 5.74) is 8.39. The lowest BCUT2D eigenvalue weighted by Gasteiger charge is -2.13. The summed E-state index contributed by atoms with van der Waals surface area (Å²) in [7, 11) is 0. The van der Waals surface area contributed by atoms with Crippen molar-refractivity contribution < 1.29 is 4.42 Å². The summed E-state index contributed by atoms with van der Waals surface area (Å²) in [5.74, 6) is 1.73. The number of rotatable bonds is 4. The van der Waals surface area contributed by atoms with Gasteiger partial charge in [0, 0.05) is 33.7 Å². The van der Waals surface area contributed by atoms with Crippen molar-refractivity contribution >= 4 is 32.6 Å². The summed E-state index contributed by atoms with van der Waals surface area (Å²) in [6.45, 7) is 0.